The summed E-state index contributed by atoms with van der Waals surface area (Å²) in [5.74, 6) is 0.286. The number of para-hydroxylation sites is 2. The fourth-order valence-electron chi connectivity index (χ4n) is 2.72. The quantitative estimate of drug-likeness (QED) is 0.411. The van der Waals surface area contributed by atoms with Crippen LogP contribution < -0.4 is 5.32 Å². The Balaban J connectivity index is 1.78. The zero-order valence-electron chi connectivity index (χ0n) is 14.3. The van der Waals surface area contributed by atoms with E-state index in [1.807, 2.05) is 35.8 Å². The van der Waals surface area contributed by atoms with Gasteiger partial charge in [-0.2, -0.15) is 0 Å². The lowest BCUT2D eigenvalue weighted by Crippen LogP contribution is -2.14. The molecule has 1 N–H and O–H groups in total. The van der Waals surface area contributed by atoms with Gasteiger partial charge in [-0.3, -0.25) is 10.1 Å². The minimum atomic E-state index is -0.673. The molecule has 0 aliphatic heterocycles. The van der Waals surface area contributed by atoms with Gasteiger partial charge in [0.2, 0.25) is 5.82 Å². The minimum Gasteiger partial charge on any atom is -0.465 e. The Hall–Kier alpha value is -3.49. The Morgan fingerprint density at radius 2 is 2.15 bits per heavy atom. The number of benzene rings is 1. The molecule has 0 bridgehead atoms. The first kappa shape index (κ1) is 17.3. The van der Waals surface area contributed by atoms with Crippen LogP contribution in [0, 0.1) is 17.0 Å². The van der Waals surface area contributed by atoms with Crippen LogP contribution in [0.1, 0.15) is 16.2 Å². The molecule has 9 heteroatoms. The van der Waals surface area contributed by atoms with Crippen molar-refractivity contribution in [3.63, 3.8) is 0 Å². The highest BCUT2D eigenvalue weighted by molar-refractivity contribution is 5.90. The number of pyridine rings is 1. The van der Waals surface area contributed by atoms with Gasteiger partial charge in [0.05, 0.1) is 28.6 Å². The number of esters is 1. The lowest BCUT2D eigenvalue weighted by Gasteiger charge is -2.10. The molecular formula is C17H17N5O4. The SMILES string of the molecule is COC(=O)c1cnc(NCCn2c(C)nc3ccccc32)c([N+](=O)[O-])c1. The van der Waals surface area contributed by atoms with Crippen LogP contribution in [-0.2, 0) is 11.3 Å². The summed E-state index contributed by atoms with van der Waals surface area (Å²) < 4.78 is 6.59. The number of aryl methyl sites for hydroxylation is 1. The average molecular weight is 355 g/mol. The van der Waals surface area contributed by atoms with Crippen LogP contribution in [0.3, 0.4) is 0 Å². The molecule has 0 fully saturated rings. The summed E-state index contributed by atoms with van der Waals surface area (Å²) in [6.07, 6.45) is 1.25. The van der Waals surface area contributed by atoms with E-state index < -0.39 is 10.9 Å². The molecule has 0 aliphatic rings. The molecule has 134 valence electrons. The summed E-state index contributed by atoms with van der Waals surface area (Å²) in [6, 6.07) is 8.92. The maximum Gasteiger partial charge on any atom is 0.339 e. The molecule has 2 heterocycles. The van der Waals surface area contributed by atoms with E-state index in [0.29, 0.717) is 13.1 Å². The van der Waals surface area contributed by atoms with Gasteiger partial charge >= 0.3 is 11.7 Å². The molecule has 1 aromatic carbocycles. The third-order valence-electron chi connectivity index (χ3n) is 3.96. The smallest absolute Gasteiger partial charge is 0.339 e. The zero-order valence-corrected chi connectivity index (χ0v) is 14.3. The first-order chi connectivity index (χ1) is 12.5. The number of nitro groups is 1. The van der Waals surface area contributed by atoms with Crippen molar-refractivity contribution in [1.82, 2.24) is 14.5 Å². The van der Waals surface area contributed by atoms with Crippen LogP contribution in [0.15, 0.2) is 36.5 Å². The molecule has 0 saturated heterocycles. The van der Waals surface area contributed by atoms with Gasteiger partial charge < -0.3 is 14.6 Å². The summed E-state index contributed by atoms with van der Waals surface area (Å²) in [7, 11) is 1.21. The molecule has 0 aliphatic carbocycles. The molecule has 3 rings (SSSR count). The maximum atomic E-state index is 11.5. The number of rotatable bonds is 6. The van der Waals surface area contributed by atoms with Gasteiger partial charge in [0.25, 0.3) is 0 Å². The Labute approximate surface area is 148 Å². The first-order valence-corrected chi connectivity index (χ1v) is 7.89. The van der Waals surface area contributed by atoms with E-state index in [2.05, 4.69) is 20.0 Å². The van der Waals surface area contributed by atoms with E-state index in [0.717, 1.165) is 22.9 Å². The number of anilines is 1. The number of nitrogens with zero attached hydrogens (tertiary/aromatic N) is 4. The Kier molecular flexibility index (Phi) is 4.78. The van der Waals surface area contributed by atoms with Crippen molar-refractivity contribution in [3.8, 4) is 0 Å². The number of nitrogens with one attached hydrogen (secondary N) is 1. The van der Waals surface area contributed by atoms with Gasteiger partial charge in [0, 0.05) is 25.4 Å². The highest BCUT2D eigenvalue weighted by Crippen LogP contribution is 2.23. The largest absolute Gasteiger partial charge is 0.465 e. The maximum absolute atomic E-state index is 11.5. The van der Waals surface area contributed by atoms with Gasteiger partial charge in [-0.05, 0) is 19.1 Å². The van der Waals surface area contributed by atoms with Crippen LogP contribution in [0.25, 0.3) is 11.0 Å². The molecule has 3 aromatic rings. The summed E-state index contributed by atoms with van der Waals surface area (Å²) in [5, 5.41) is 14.2. The molecule has 0 unspecified atom stereocenters. The number of aromatic nitrogens is 3. The molecule has 0 spiro atoms. The lowest BCUT2D eigenvalue weighted by molar-refractivity contribution is -0.384. The van der Waals surface area contributed by atoms with Crippen LogP contribution in [0.5, 0.6) is 0 Å². The van der Waals surface area contributed by atoms with Crippen molar-refractivity contribution in [2.24, 2.45) is 0 Å². The van der Waals surface area contributed by atoms with Gasteiger partial charge in [0.1, 0.15) is 5.82 Å². The van der Waals surface area contributed by atoms with Crippen molar-refractivity contribution >= 4 is 28.5 Å². The number of carbonyl (C=O) groups is 1. The number of fused-ring (bicyclic) bond motifs is 1. The molecule has 0 saturated carbocycles. The highest BCUT2D eigenvalue weighted by atomic mass is 16.6. The standard InChI is InChI=1S/C17H17N5O4/c1-11-20-13-5-3-4-6-14(13)21(11)8-7-18-16-15(22(24)25)9-12(10-19-16)17(23)26-2/h3-6,9-10H,7-8H2,1-2H3,(H,18,19). The number of hydrogen-bond donors (Lipinski definition) is 1. The molecule has 2 aromatic heterocycles. The lowest BCUT2D eigenvalue weighted by atomic mass is 10.2. The molecule has 26 heavy (non-hydrogen) atoms. The Morgan fingerprint density at radius 3 is 2.88 bits per heavy atom. The van der Waals surface area contributed by atoms with Crippen LogP contribution in [-0.4, -0.2) is 39.1 Å². The van der Waals surface area contributed by atoms with Gasteiger partial charge in [-0.25, -0.2) is 14.8 Å². The van der Waals surface area contributed by atoms with Crippen molar-refractivity contribution in [2.45, 2.75) is 13.5 Å². The third-order valence-corrected chi connectivity index (χ3v) is 3.96. The zero-order chi connectivity index (χ0) is 18.7. The predicted molar refractivity (Wildman–Crippen MR) is 95.2 cm³/mol. The fourth-order valence-corrected chi connectivity index (χ4v) is 2.72. The second-order valence-electron chi connectivity index (χ2n) is 5.57. The fraction of sp³-hybridized carbons (Fsp3) is 0.235. The Bertz CT molecular complexity index is 982. The summed E-state index contributed by atoms with van der Waals surface area (Å²) in [4.78, 5) is 30.7. The molecule has 0 atom stereocenters. The summed E-state index contributed by atoms with van der Waals surface area (Å²) >= 11 is 0. The van der Waals surface area contributed by atoms with E-state index in [4.69, 9.17) is 0 Å². The first-order valence-electron chi connectivity index (χ1n) is 7.89. The van der Waals surface area contributed by atoms with E-state index in [-0.39, 0.29) is 17.1 Å². The monoisotopic (exact) mass is 355 g/mol. The number of carbonyl (C=O) groups excluding carboxylic acids is 1. The Morgan fingerprint density at radius 1 is 1.38 bits per heavy atom. The normalized spacial score (nSPS) is 10.7. The van der Waals surface area contributed by atoms with Crippen LogP contribution in [0.4, 0.5) is 11.5 Å². The number of ether oxygens (including phenoxy) is 1. The minimum absolute atomic E-state index is 0.0289. The highest BCUT2D eigenvalue weighted by Gasteiger charge is 2.19. The number of methoxy groups -OCH3 is 1. The van der Waals surface area contributed by atoms with Crippen molar-refractivity contribution in [3.05, 3.63) is 58.0 Å². The number of hydrogen-bond acceptors (Lipinski definition) is 7. The number of imidazole rings is 1. The van der Waals surface area contributed by atoms with E-state index in [9.17, 15) is 14.9 Å². The average Bonchev–Trinajstić information content (AvgIpc) is 2.96. The summed E-state index contributed by atoms with van der Waals surface area (Å²) in [6.45, 7) is 2.88. The third kappa shape index (κ3) is 3.32. The van der Waals surface area contributed by atoms with Crippen LogP contribution in [0.2, 0.25) is 0 Å². The van der Waals surface area contributed by atoms with Gasteiger partial charge in [0.15, 0.2) is 0 Å². The van der Waals surface area contributed by atoms with Crippen molar-refractivity contribution in [2.75, 3.05) is 19.0 Å². The second-order valence-corrected chi connectivity index (χ2v) is 5.57. The van der Waals surface area contributed by atoms with E-state index in [1.165, 1.54) is 13.3 Å². The van der Waals surface area contributed by atoms with Crippen molar-refractivity contribution in [1.29, 1.82) is 0 Å². The molecule has 0 amide bonds. The predicted octanol–water partition coefficient (Wildman–Crippen LogP) is 2.55. The van der Waals surface area contributed by atoms with Gasteiger partial charge in [-0.1, -0.05) is 12.1 Å². The molecule has 0 radical (unpaired) electrons. The van der Waals surface area contributed by atoms with E-state index in [1.54, 1.807) is 0 Å². The molecule has 9 nitrogen and oxygen atoms in total. The topological polar surface area (TPSA) is 112 Å². The van der Waals surface area contributed by atoms with Gasteiger partial charge in [-0.15, -0.1) is 0 Å². The van der Waals surface area contributed by atoms with Crippen molar-refractivity contribution < 1.29 is 14.5 Å². The molecular weight excluding hydrogens is 338 g/mol. The van der Waals surface area contributed by atoms with E-state index >= 15 is 0 Å². The second kappa shape index (κ2) is 7.18. The van der Waals surface area contributed by atoms with Crippen LogP contribution >= 0.6 is 0 Å². The summed E-state index contributed by atoms with van der Waals surface area (Å²) in [5.41, 5.74) is 1.65.